The smallest absolute Gasteiger partial charge is 0.311 e. The van der Waals surface area contributed by atoms with Crippen molar-refractivity contribution >= 4 is 5.97 Å². The number of methoxy groups -OCH3 is 1. The molecule has 0 aromatic heterocycles. The molecule has 2 heteroatoms. The molecule has 156 valence electrons. The van der Waals surface area contributed by atoms with Gasteiger partial charge in [0.05, 0.1) is 12.5 Å². The molecule has 2 saturated carbocycles. The van der Waals surface area contributed by atoms with Crippen molar-refractivity contribution in [1.82, 2.24) is 0 Å². The van der Waals surface area contributed by atoms with Gasteiger partial charge in [-0.15, -0.1) is 0 Å². The summed E-state index contributed by atoms with van der Waals surface area (Å²) in [5, 5.41) is 0. The van der Waals surface area contributed by atoms with Gasteiger partial charge in [0.1, 0.15) is 0 Å². The summed E-state index contributed by atoms with van der Waals surface area (Å²) in [4.78, 5) is 12.0. The number of rotatable bonds is 7. The Hall–Kier alpha value is -1.31. The van der Waals surface area contributed by atoms with Crippen LogP contribution in [0.1, 0.15) is 102 Å². The zero-order valence-electron chi connectivity index (χ0n) is 18.3. The van der Waals surface area contributed by atoms with E-state index in [1.54, 1.807) is 5.56 Å². The van der Waals surface area contributed by atoms with Crippen molar-refractivity contribution in [2.45, 2.75) is 96.8 Å². The number of carbonyl (C=O) groups excluding carboxylic acids is 1. The topological polar surface area (TPSA) is 26.3 Å². The van der Waals surface area contributed by atoms with Crippen LogP contribution in [0.25, 0.3) is 0 Å². The van der Waals surface area contributed by atoms with E-state index in [0.29, 0.717) is 0 Å². The van der Waals surface area contributed by atoms with Crippen LogP contribution in [0.2, 0.25) is 0 Å². The van der Waals surface area contributed by atoms with Gasteiger partial charge < -0.3 is 4.74 Å². The summed E-state index contributed by atoms with van der Waals surface area (Å²) in [5.74, 6) is 2.43. The molecule has 0 saturated heterocycles. The maximum absolute atomic E-state index is 12.0. The van der Waals surface area contributed by atoms with E-state index in [4.69, 9.17) is 4.74 Å². The minimum Gasteiger partial charge on any atom is -0.469 e. The minimum atomic E-state index is -0.235. The zero-order chi connectivity index (χ0) is 20.0. The van der Waals surface area contributed by atoms with E-state index in [1.165, 1.54) is 76.9 Å². The van der Waals surface area contributed by atoms with Crippen molar-refractivity contribution in [2.75, 3.05) is 7.11 Å². The van der Waals surface area contributed by atoms with Crippen LogP contribution in [0, 0.1) is 17.3 Å². The first kappa shape index (κ1) is 21.4. The largest absolute Gasteiger partial charge is 0.469 e. The van der Waals surface area contributed by atoms with Gasteiger partial charge in [0.15, 0.2) is 0 Å². The SMILES string of the molecule is CCCCCc1ccc(C2CCC(C3CCC(C)(C(=O)OC)CC3)CC2)cc1. The first-order valence-electron chi connectivity index (χ1n) is 11.7. The molecule has 0 radical (unpaired) electrons. The summed E-state index contributed by atoms with van der Waals surface area (Å²) in [6.07, 6.45) is 15.0. The van der Waals surface area contributed by atoms with Crippen molar-refractivity contribution in [2.24, 2.45) is 17.3 Å². The third-order valence-electron chi connectivity index (χ3n) is 7.77. The fourth-order valence-corrected chi connectivity index (χ4v) is 5.66. The van der Waals surface area contributed by atoms with Crippen LogP contribution < -0.4 is 0 Å². The Morgan fingerprint density at radius 2 is 1.57 bits per heavy atom. The fourth-order valence-electron chi connectivity index (χ4n) is 5.66. The van der Waals surface area contributed by atoms with Gasteiger partial charge in [-0.3, -0.25) is 4.79 Å². The average molecular weight is 385 g/mol. The van der Waals surface area contributed by atoms with Crippen LogP contribution in [0.4, 0.5) is 0 Å². The van der Waals surface area contributed by atoms with Crippen LogP contribution in [0.15, 0.2) is 24.3 Å². The Kier molecular flexibility index (Phi) is 7.60. The lowest BCUT2D eigenvalue weighted by molar-refractivity contribution is -0.154. The second kappa shape index (κ2) is 9.94. The molecule has 2 aliphatic rings. The van der Waals surface area contributed by atoms with E-state index in [-0.39, 0.29) is 11.4 Å². The van der Waals surface area contributed by atoms with Crippen LogP contribution in [-0.4, -0.2) is 13.1 Å². The molecule has 1 aromatic rings. The van der Waals surface area contributed by atoms with Gasteiger partial charge in [-0.25, -0.2) is 0 Å². The van der Waals surface area contributed by atoms with Gasteiger partial charge in [-0.05, 0) is 100 Å². The lowest BCUT2D eigenvalue weighted by Crippen LogP contribution is -2.36. The van der Waals surface area contributed by atoms with Crippen LogP contribution >= 0.6 is 0 Å². The highest BCUT2D eigenvalue weighted by atomic mass is 16.5. The Morgan fingerprint density at radius 3 is 2.14 bits per heavy atom. The fraction of sp³-hybridized carbons (Fsp3) is 0.731. The predicted octanol–water partition coefficient (Wildman–Crippen LogP) is 7.06. The first-order chi connectivity index (χ1) is 13.6. The maximum Gasteiger partial charge on any atom is 0.311 e. The number of hydrogen-bond acceptors (Lipinski definition) is 2. The van der Waals surface area contributed by atoms with Gasteiger partial charge in [0.2, 0.25) is 0 Å². The summed E-state index contributed by atoms with van der Waals surface area (Å²) in [5.41, 5.74) is 2.82. The van der Waals surface area contributed by atoms with E-state index in [1.807, 2.05) is 0 Å². The molecule has 0 N–H and O–H groups in total. The quantitative estimate of drug-likeness (QED) is 0.371. The highest BCUT2D eigenvalue weighted by Gasteiger charge is 2.40. The monoisotopic (exact) mass is 384 g/mol. The molecule has 28 heavy (non-hydrogen) atoms. The van der Waals surface area contributed by atoms with Crippen LogP contribution in [0.5, 0.6) is 0 Å². The van der Waals surface area contributed by atoms with Crippen LogP contribution in [-0.2, 0) is 16.0 Å². The highest BCUT2D eigenvalue weighted by Crippen LogP contribution is 2.47. The number of benzene rings is 1. The van der Waals surface area contributed by atoms with Crippen molar-refractivity contribution in [3.8, 4) is 0 Å². The van der Waals surface area contributed by atoms with Gasteiger partial charge in [0.25, 0.3) is 0 Å². The average Bonchev–Trinajstić information content (AvgIpc) is 2.74. The summed E-state index contributed by atoms with van der Waals surface area (Å²) in [6, 6.07) is 9.53. The number of esters is 1. The van der Waals surface area contributed by atoms with Crippen molar-refractivity contribution in [3.63, 3.8) is 0 Å². The van der Waals surface area contributed by atoms with Gasteiger partial charge >= 0.3 is 5.97 Å². The van der Waals surface area contributed by atoms with Gasteiger partial charge in [-0.2, -0.15) is 0 Å². The highest BCUT2D eigenvalue weighted by molar-refractivity contribution is 5.76. The van der Waals surface area contributed by atoms with E-state index in [9.17, 15) is 4.79 Å². The van der Waals surface area contributed by atoms with Crippen LogP contribution in [0.3, 0.4) is 0 Å². The Bertz CT molecular complexity index is 602. The second-order valence-electron chi connectivity index (χ2n) is 9.70. The number of ether oxygens (including phenoxy) is 1. The summed E-state index contributed by atoms with van der Waals surface area (Å²) >= 11 is 0. The van der Waals surface area contributed by atoms with E-state index in [2.05, 4.69) is 38.1 Å². The van der Waals surface area contributed by atoms with Crippen molar-refractivity contribution in [1.29, 1.82) is 0 Å². The first-order valence-corrected chi connectivity index (χ1v) is 11.7. The molecular formula is C26H40O2. The summed E-state index contributed by atoms with van der Waals surface area (Å²) in [6.45, 7) is 4.36. The molecule has 2 nitrogen and oxygen atoms in total. The number of carbonyl (C=O) groups is 1. The van der Waals surface area contributed by atoms with E-state index < -0.39 is 0 Å². The number of aryl methyl sites for hydroxylation is 1. The molecule has 3 rings (SSSR count). The summed E-state index contributed by atoms with van der Waals surface area (Å²) in [7, 11) is 1.53. The normalized spacial score (nSPS) is 30.8. The molecule has 0 heterocycles. The Morgan fingerprint density at radius 1 is 0.964 bits per heavy atom. The molecule has 0 unspecified atom stereocenters. The molecular weight excluding hydrogens is 344 g/mol. The third kappa shape index (κ3) is 5.19. The Labute approximate surface area is 172 Å². The van der Waals surface area contributed by atoms with E-state index in [0.717, 1.165) is 30.6 Å². The lowest BCUT2D eigenvalue weighted by atomic mass is 9.64. The zero-order valence-corrected chi connectivity index (χ0v) is 18.3. The molecule has 0 bridgehead atoms. The molecule has 0 atom stereocenters. The van der Waals surface area contributed by atoms with Gasteiger partial charge in [-0.1, -0.05) is 44.0 Å². The maximum atomic E-state index is 12.0. The number of unbranched alkanes of at least 4 members (excludes halogenated alkanes) is 2. The van der Waals surface area contributed by atoms with E-state index >= 15 is 0 Å². The molecule has 2 fully saturated rings. The van der Waals surface area contributed by atoms with Crippen molar-refractivity contribution in [3.05, 3.63) is 35.4 Å². The second-order valence-corrected chi connectivity index (χ2v) is 9.70. The molecule has 0 aliphatic heterocycles. The third-order valence-corrected chi connectivity index (χ3v) is 7.77. The minimum absolute atomic E-state index is 0.00667. The predicted molar refractivity (Wildman–Crippen MR) is 116 cm³/mol. The van der Waals surface area contributed by atoms with Crippen molar-refractivity contribution < 1.29 is 9.53 Å². The Balaban J connectivity index is 1.45. The number of hydrogen-bond donors (Lipinski definition) is 0. The van der Waals surface area contributed by atoms with Gasteiger partial charge in [0, 0.05) is 0 Å². The summed E-state index contributed by atoms with van der Waals surface area (Å²) < 4.78 is 5.03. The molecule has 1 aromatic carbocycles. The molecule has 2 aliphatic carbocycles. The standard InChI is InChI=1S/C26H40O2/c1-4-5-6-7-20-8-10-21(11-9-20)22-12-14-23(15-13-22)24-16-18-26(2,19-17-24)25(27)28-3/h8-11,22-24H,4-7,12-19H2,1-3H3. The molecule has 0 spiro atoms. The molecule has 0 amide bonds. The lowest BCUT2D eigenvalue weighted by Gasteiger charge is -2.40.